The van der Waals surface area contributed by atoms with Crippen molar-refractivity contribution in [3.8, 4) is 0 Å². The van der Waals surface area contributed by atoms with E-state index in [0.29, 0.717) is 0 Å². The first-order valence-corrected chi connectivity index (χ1v) is 5.66. The summed E-state index contributed by atoms with van der Waals surface area (Å²) in [6.45, 7) is 4.32. The zero-order valence-electron chi connectivity index (χ0n) is 9.58. The number of nitrogen functional groups attached to an aromatic ring is 1. The summed E-state index contributed by atoms with van der Waals surface area (Å²) in [5.41, 5.74) is 10.5. The Morgan fingerprint density at radius 2 is 2.13 bits per heavy atom. The van der Waals surface area contributed by atoms with Crippen LogP contribution in [0.1, 0.15) is 23.9 Å². The van der Waals surface area contributed by atoms with Crippen LogP contribution in [0.3, 0.4) is 0 Å². The molecule has 0 spiro atoms. The van der Waals surface area contributed by atoms with Gasteiger partial charge in [0.2, 0.25) is 0 Å². The number of nitrogens with two attached hydrogens (primary N) is 1. The number of nitrogens with zero attached hydrogens (tertiary/aromatic N) is 2. The minimum atomic E-state index is 0.862. The van der Waals surface area contributed by atoms with E-state index in [4.69, 9.17) is 5.73 Å². The lowest BCUT2D eigenvalue weighted by atomic mass is 10.1. The van der Waals surface area contributed by atoms with Gasteiger partial charge < -0.3 is 10.6 Å². The smallest absolute Gasteiger partial charge is 0.0633 e. The molecular weight excluding hydrogens is 186 g/mol. The number of aromatic nitrogens is 1. The maximum atomic E-state index is 5.96. The number of pyridine rings is 1. The summed E-state index contributed by atoms with van der Waals surface area (Å²) in [7, 11) is 2.16. The van der Waals surface area contributed by atoms with E-state index in [0.717, 1.165) is 43.7 Å². The van der Waals surface area contributed by atoms with E-state index in [9.17, 15) is 0 Å². The van der Waals surface area contributed by atoms with Crippen LogP contribution in [0.15, 0.2) is 6.07 Å². The SMILES string of the molecule is CCc1nc2c(cc1N)CCN(C)CC2. The van der Waals surface area contributed by atoms with Crippen LogP contribution >= 0.6 is 0 Å². The first-order valence-electron chi connectivity index (χ1n) is 5.66. The van der Waals surface area contributed by atoms with Crippen molar-refractivity contribution >= 4 is 5.69 Å². The molecule has 0 amide bonds. The van der Waals surface area contributed by atoms with E-state index < -0.39 is 0 Å². The number of aryl methyl sites for hydroxylation is 1. The molecule has 0 fully saturated rings. The van der Waals surface area contributed by atoms with Gasteiger partial charge in [-0.05, 0) is 31.5 Å². The summed E-state index contributed by atoms with van der Waals surface area (Å²) in [5, 5.41) is 0. The molecule has 1 aliphatic rings. The molecule has 1 aromatic rings. The second kappa shape index (κ2) is 4.19. The molecule has 82 valence electrons. The largest absolute Gasteiger partial charge is 0.397 e. The van der Waals surface area contributed by atoms with Crippen LogP contribution in [0.25, 0.3) is 0 Å². The molecule has 2 N–H and O–H groups in total. The third-order valence-electron chi connectivity index (χ3n) is 3.13. The Balaban J connectivity index is 2.36. The highest BCUT2D eigenvalue weighted by Gasteiger charge is 2.14. The van der Waals surface area contributed by atoms with Crippen molar-refractivity contribution in [3.05, 3.63) is 23.0 Å². The predicted octanol–water partition coefficient (Wildman–Crippen LogP) is 1.26. The fourth-order valence-electron chi connectivity index (χ4n) is 2.09. The van der Waals surface area contributed by atoms with Gasteiger partial charge in [-0.15, -0.1) is 0 Å². The van der Waals surface area contributed by atoms with Crippen molar-refractivity contribution in [2.24, 2.45) is 0 Å². The molecule has 0 radical (unpaired) electrons. The van der Waals surface area contributed by atoms with Crippen LogP contribution in [0.4, 0.5) is 5.69 Å². The molecule has 0 saturated carbocycles. The van der Waals surface area contributed by atoms with E-state index in [1.54, 1.807) is 0 Å². The average Bonchev–Trinajstić information content (AvgIpc) is 2.40. The van der Waals surface area contributed by atoms with Gasteiger partial charge in [-0.3, -0.25) is 4.98 Å². The highest BCUT2D eigenvalue weighted by Crippen LogP contribution is 2.19. The van der Waals surface area contributed by atoms with Crippen molar-refractivity contribution in [1.82, 2.24) is 9.88 Å². The Bertz CT molecular complexity index is 360. The molecule has 3 heteroatoms. The molecule has 2 heterocycles. The van der Waals surface area contributed by atoms with Gasteiger partial charge >= 0.3 is 0 Å². The van der Waals surface area contributed by atoms with E-state index in [2.05, 4.69) is 29.9 Å². The highest BCUT2D eigenvalue weighted by molar-refractivity contribution is 5.47. The first kappa shape index (κ1) is 10.4. The fourth-order valence-corrected chi connectivity index (χ4v) is 2.09. The molecule has 1 aromatic heterocycles. The second-order valence-electron chi connectivity index (χ2n) is 4.29. The maximum Gasteiger partial charge on any atom is 0.0633 e. The minimum absolute atomic E-state index is 0.862. The summed E-state index contributed by atoms with van der Waals surface area (Å²) >= 11 is 0. The van der Waals surface area contributed by atoms with Crippen LogP contribution in [0, 0.1) is 0 Å². The van der Waals surface area contributed by atoms with Gasteiger partial charge in [0.1, 0.15) is 0 Å². The monoisotopic (exact) mass is 205 g/mol. The summed E-state index contributed by atoms with van der Waals surface area (Å²) in [6.07, 6.45) is 3.06. The molecule has 15 heavy (non-hydrogen) atoms. The lowest BCUT2D eigenvalue weighted by Gasteiger charge is -2.10. The molecule has 0 atom stereocenters. The van der Waals surface area contributed by atoms with Crippen molar-refractivity contribution in [2.75, 3.05) is 25.9 Å². The lowest BCUT2D eigenvalue weighted by molar-refractivity contribution is 0.352. The standard InChI is InChI=1S/C12H19N3/c1-3-11-10(13)8-9-4-6-15(2)7-5-12(9)14-11/h8H,3-7,13H2,1-2H3. The number of fused-ring (bicyclic) bond motifs is 1. The number of anilines is 1. The predicted molar refractivity (Wildman–Crippen MR) is 62.9 cm³/mol. The van der Waals surface area contributed by atoms with Crippen molar-refractivity contribution in [3.63, 3.8) is 0 Å². The highest BCUT2D eigenvalue weighted by atomic mass is 15.1. The number of rotatable bonds is 1. The molecule has 0 bridgehead atoms. The Labute approximate surface area is 91.3 Å². The molecule has 1 aliphatic heterocycles. The van der Waals surface area contributed by atoms with Gasteiger partial charge in [-0.25, -0.2) is 0 Å². The number of hydrogen-bond acceptors (Lipinski definition) is 3. The van der Waals surface area contributed by atoms with Gasteiger partial charge in [-0.2, -0.15) is 0 Å². The van der Waals surface area contributed by atoms with Crippen molar-refractivity contribution < 1.29 is 0 Å². The Kier molecular flexibility index (Phi) is 2.91. The van der Waals surface area contributed by atoms with E-state index in [1.807, 2.05) is 0 Å². The van der Waals surface area contributed by atoms with Gasteiger partial charge in [0.15, 0.2) is 0 Å². The molecule has 0 aromatic carbocycles. The third-order valence-corrected chi connectivity index (χ3v) is 3.13. The summed E-state index contributed by atoms with van der Waals surface area (Å²) in [5.74, 6) is 0. The van der Waals surface area contributed by atoms with Crippen LogP contribution in [0.5, 0.6) is 0 Å². The topological polar surface area (TPSA) is 42.1 Å². The van der Waals surface area contributed by atoms with Gasteiger partial charge in [0.25, 0.3) is 0 Å². The van der Waals surface area contributed by atoms with Gasteiger partial charge in [0, 0.05) is 25.2 Å². The van der Waals surface area contributed by atoms with E-state index in [-0.39, 0.29) is 0 Å². The Hall–Kier alpha value is -1.09. The second-order valence-corrected chi connectivity index (χ2v) is 4.29. The van der Waals surface area contributed by atoms with Crippen LogP contribution in [0.2, 0.25) is 0 Å². The quantitative estimate of drug-likeness (QED) is 0.750. The summed E-state index contributed by atoms with van der Waals surface area (Å²) < 4.78 is 0. The molecule has 0 unspecified atom stereocenters. The third kappa shape index (κ3) is 2.12. The normalized spacial score (nSPS) is 17.2. The Morgan fingerprint density at radius 3 is 2.87 bits per heavy atom. The van der Waals surface area contributed by atoms with Crippen LogP contribution < -0.4 is 5.73 Å². The molecular formula is C12H19N3. The van der Waals surface area contributed by atoms with Crippen LogP contribution in [-0.4, -0.2) is 30.0 Å². The van der Waals surface area contributed by atoms with E-state index >= 15 is 0 Å². The maximum absolute atomic E-state index is 5.96. The van der Waals surface area contributed by atoms with Crippen LogP contribution in [-0.2, 0) is 19.3 Å². The fraction of sp³-hybridized carbons (Fsp3) is 0.583. The zero-order chi connectivity index (χ0) is 10.8. The summed E-state index contributed by atoms with van der Waals surface area (Å²) in [6, 6.07) is 2.13. The first-order chi connectivity index (χ1) is 7.20. The van der Waals surface area contributed by atoms with Crippen molar-refractivity contribution in [1.29, 1.82) is 0 Å². The average molecular weight is 205 g/mol. The van der Waals surface area contributed by atoms with Crippen molar-refractivity contribution in [2.45, 2.75) is 26.2 Å². The molecule has 0 saturated heterocycles. The molecule has 0 aliphatic carbocycles. The van der Waals surface area contributed by atoms with Gasteiger partial charge in [0.05, 0.1) is 11.4 Å². The Morgan fingerprint density at radius 1 is 1.40 bits per heavy atom. The zero-order valence-corrected chi connectivity index (χ0v) is 9.58. The summed E-state index contributed by atoms with van der Waals surface area (Å²) in [4.78, 5) is 7.02. The van der Waals surface area contributed by atoms with Gasteiger partial charge in [-0.1, -0.05) is 6.92 Å². The number of hydrogen-bond donors (Lipinski definition) is 1. The van der Waals surface area contributed by atoms with E-state index in [1.165, 1.54) is 11.3 Å². The molecule has 2 rings (SSSR count). The molecule has 3 nitrogen and oxygen atoms in total. The lowest BCUT2D eigenvalue weighted by Crippen LogP contribution is -2.20. The minimum Gasteiger partial charge on any atom is -0.397 e. The number of likely N-dealkylation sites (N-methyl/N-ethyl adjacent to an activating group) is 1.